The summed E-state index contributed by atoms with van der Waals surface area (Å²) in [5.74, 6) is 1.07. The van der Waals surface area contributed by atoms with Gasteiger partial charge in [0, 0.05) is 6.07 Å². The fraction of sp³-hybridized carbons (Fsp3) is 0.333. The van der Waals surface area contributed by atoms with Gasteiger partial charge in [-0.1, -0.05) is 38.5 Å². The SMILES string of the molecule is CC(C)=CCOc1cc(Oc2cccc(C(C)(C)C)c2)ccc1F. The van der Waals surface area contributed by atoms with Crippen molar-refractivity contribution in [2.24, 2.45) is 0 Å². The lowest BCUT2D eigenvalue weighted by Crippen LogP contribution is -2.10. The summed E-state index contributed by atoms with van der Waals surface area (Å²) in [5, 5.41) is 0. The van der Waals surface area contributed by atoms with Crippen molar-refractivity contribution in [1.29, 1.82) is 0 Å². The lowest BCUT2D eigenvalue weighted by atomic mass is 9.87. The van der Waals surface area contributed by atoms with Gasteiger partial charge in [-0.15, -0.1) is 0 Å². The van der Waals surface area contributed by atoms with Crippen LogP contribution in [0.3, 0.4) is 0 Å². The number of allylic oxidation sites excluding steroid dienone is 1. The maximum atomic E-state index is 13.9. The van der Waals surface area contributed by atoms with Crippen molar-refractivity contribution in [1.82, 2.24) is 0 Å². The summed E-state index contributed by atoms with van der Waals surface area (Å²) in [7, 11) is 0. The summed E-state index contributed by atoms with van der Waals surface area (Å²) < 4.78 is 25.2. The van der Waals surface area contributed by atoms with Crippen LogP contribution in [0.15, 0.2) is 54.1 Å². The Kier molecular flexibility index (Phi) is 5.66. The molecule has 0 amide bonds. The predicted octanol–water partition coefficient (Wildman–Crippen LogP) is 6.26. The number of halogens is 1. The van der Waals surface area contributed by atoms with Gasteiger partial charge < -0.3 is 9.47 Å². The van der Waals surface area contributed by atoms with Gasteiger partial charge in [0.05, 0.1) is 0 Å². The number of ether oxygens (including phenoxy) is 2. The van der Waals surface area contributed by atoms with Crippen molar-refractivity contribution in [2.45, 2.75) is 40.0 Å². The minimum Gasteiger partial charge on any atom is -0.486 e. The Bertz CT molecular complexity index is 723. The Morgan fingerprint density at radius 3 is 2.42 bits per heavy atom. The second kappa shape index (κ2) is 7.52. The molecular weight excluding hydrogens is 303 g/mol. The summed E-state index contributed by atoms with van der Waals surface area (Å²) in [6, 6.07) is 12.5. The van der Waals surface area contributed by atoms with E-state index >= 15 is 0 Å². The first-order valence-electron chi connectivity index (χ1n) is 8.10. The Morgan fingerprint density at radius 2 is 1.75 bits per heavy atom. The van der Waals surface area contributed by atoms with Gasteiger partial charge in [-0.2, -0.15) is 0 Å². The summed E-state index contributed by atoms with van der Waals surface area (Å²) in [5.41, 5.74) is 2.35. The Morgan fingerprint density at radius 1 is 1.04 bits per heavy atom. The van der Waals surface area contributed by atoms with Crippen LogP contribution in [0.5, 0.6) is 17.2 Å². The third-order valence-corrected chi connectivity index (χ3v) is 3.57. The highest BCUT2D eigenvalue weighted by molar-refractivity contribution is 5.40. The molecule has 0 radical (unpaired) electrons. The summed E-state index contributed by atoms with van der Waals surface area (Å²) >= 11 is 0. The van der Waals surface area contributed by atoms with E-state index in [1.807, 2.05) is 38.1 Å². The second-order valence-corrected chi connectivity index (χ2v) is 7.06. The van der Waals surface area contributed by atoms with E-state index in [-0.39, 0.29) is 11.2 Å². The molecule has 2 aromatic carbocycles. The van der Waals surface area contributed by atoms with E-state index < -0.39 is 5.82 Å². The van der Waals surface area contributed by atoms with Gasteiger partial charge in [-0.25, -0.2) is 4.39 Å². The van der Waals surface area contributed by atoms with Crippen LogP contribution in [0.2, 0.25) is 0 Å². The first-order valence-corrected chi connectivity index (χ1v) is 8.10. The van der Waals surface area contributed by atoms with Crippen molar-refractivity contribution < 1.29 is 13.9 Å². The van der Waals surface area contributed by atoms with Crippen LogP contribution in [0.4, 0.5) is 4.39 Å². The van der Waals surface area contributed by atoms with Crippen LogP contribution < -0.4 is 9.47 Å². The average molecular weight is 328 g/mol. The highest BCUT2D eigenvalue weighted by atomic mass is 19.1. The third kappa shape index (κ3) is 5.12. The minimum atomic E-state index is -0.395. The molecule has 128 valence electrons. The molecule has 0 aliphatic carbocycles. The molecule has 0 N–H and O–H groups in total. The van der Waals surface area contributed by atoms with Crippen LogP contribution in [0.25, 0.3) is 0 Å². The van der Waals surface area contributed by atoms with Gasteiger partial charge in [0.15, 0.2) is 11.6 Å². The minimum absolute atomic E-state index is 0.0424. The van der Waals surface area contributed by atoms with E-state index in [4.69, 9.17) is 9.47 Å². The number of rotatable bonds is 5. The van der Waals surface area contributed by atoms with Gasteiger partial charge in [-0.3, -0.25) is 0 Å². The lowest BCUT2D eigenvalue weighted by Gasteiger charge is -2.19. The average Bonchev–Trinajstić information content (AvgIpc) is 2.49. The zero-order valence-corrected chi connectivity index (χ0v) is 15.0. The lowest BCUT2D eigenvalue weighted by molar-refractivity contribution is 0.338. The van der Waals surface area contributed by atoms with E-state index in [1.54, 1.807) is 12.1 Å². The largest absolute Gasteiger partial charge is 0.486 e. The smallest absolute Gasteiger partial charge is 0.165 e. The molecule has 0 spiro atoms. The van der Waals surface area contributed by atoms with E-state index in [0.29, 0.717) is 12.4 Å². The maximum absolute atomic E-state index is 13.9. The summed E-state index contributed by atoms with van der Waals surface area (Å²) in [6.07, 6.45) is 1.90. The fourth-order valence-corrected chi connectivity index (χ4v) is 2.12. The highest BCUT2D eigenvalue weighted by Gasteiger charge is 2.14. The molecule has 2 aromatic rings. The molecule has 24 heavy (non-hydrogen) atoms. The van der Waals surface area contributed by atoms with Crippen LogP contribution in [-0.2, 0) is 5.41 Å². The summed E-state index contributed by atoms with van der Waals surface area (Å²) in [4.78, 5) is 0. The molecule has 0 atom stereocenters. The van der Waals surface area contributed by atoms with Crippen molar-refractivity contribution in [3.63, 3.8) is 0 Å². The molecule has 0 heterocycles. The monoisotopic (exact) mass is 328 g/mol. The third-order valence-electron chi connectivity index (χ3n) is 3.57. The standard InChI is InChI=1S/C21H25FO2/c1-15(2)11-12-23-20-14-18(9-10-19(20)22)24-17-8-6-7-16(13-17)21(3,4)5/h6-11,13-14H,12H2,1-5H3. The molecular formula is C21H25FO2. The number of hydrogen-bond donors (Lipinski definition) is 0. The quantitative estimate of drug-likeness (QED) is 0.603. The maximum Gasteiger partial charge on any atom is 0.165 e. The van der Waals surface area contributed by atoms with Crippen molar-refractivity contribution >= 4 is 0 Å². The van der Waals surface area contributed by atoms with Crippen molar-refractivity contribution in [3.8, 4) is 17.2 Å². The van der Waals surface area contributed by atoms with Gasteiger partial charge in [0.1, 0.15) is 18.1 Å². The van der Waals surface area contributed by atoms with E-state index in [2.05, 4.69) is 26.8 Å². The Labute approximate surface area is 143 Å². The zero-order chi connectivity index (χ0) is 17.7. The first kappa shape index (κ1) is 18.1. The second-order valence-electron chi connectivity index (χ2n) is 7.06. The summed E-state index contributed by atoms with van der Waals surface area (Å²) in [6.45, 7) is 10.7. The molecule has 0 bridgehead atoms. The molecule has 0 unspecified atom stereocenters. The number of hydrogen-bond acceptors (Lipinski definition) is 2. The normalized spacial score (nSPS) is 11.1. The zero-order valence-electron chi connectivity index (χ0n) is 15.0. The van der Waals surface area contributed by atoms with Crippen molar-refractivity contribution in [2.75, 3.05) is 6.61 Å². The Balaban J connectivity index is 2.17. The highest BCUT2D eigenvalue weighted by Crippen LogP contribution is 2.30. The van der Waals surface area contributed by atoms with Gasteiger partial charge in [-0.05, 0) is 55.2 Å². The molecule has 2 nitrogen and oxygen atoms in total. The molecule has 0 aliphatic rings. The molecule has 2 rings (SSSR count). The van der Waals surface area contributed by atoms with E-state index in [9.17, 15) is 4.39 Å². The Hall–Kier alpha value is -2.29. The molecule has 0 aromatic heterocycles. The molecule has 3 heteroatoms. The van der Waals surface area contributed by atoms with Gasteiger partial charge >= 0.3 is 0 Å². The first-order chi connectivity index (χ1) is 11.3. The van der Waals surface area contributed by atoms with E-state index in [1.165, 1.54) is 11.6 Å². The molecule has 0 saturated heterocycles. The van der Waals surface area contributed by atoms with Crippen LogP contribution in [0, 0.1) is 5.82 Å². The van der Waals surface area contributed by atoms with E-state index in [0.717, 1.165) is 11.3 Å². The number of benzene rings is 2. The predicted molar refractivity (Wildman–Crippen MR) is 96.5 cm³/mol. The van der Waals surface area contributed by atoms with Crippen molar-refractivity contribution in [3.05, 3.63) is 65.5 Å². The van der Waals surface area contributed by atoms with Crippen LogP contribution in [0.1, 0.15) is 40.2 Å². The molecule has 0 saturated carbocycles. The molecule has 0 fully saturated rings. The van der Waals surface area contributed by atoms with Crippen LogP contribution >= 0.6 is 0 Å². The van der Waals surface area contributed by atoms with Gasteiger partial charge in [0.2, 0.25) is 0 Å². The molecule has 0 aliphatic heterocycles. The fourth-order valence-electron chi connectivity index (χ4n) is 2.12. The van der Waals surface area contributed by atoms with Gasteiger partial charge in [0.25, 0.3) is 0 Å². The topological polar surface area (TPSA) is 18.5 Å². The van der Waals surface area contributed by atoms with Crippen LogP contribution in [-0.4, -0.2) is 6.61 Å².